The highest BCUT2D eigenvalue weighted by molar-refractivity contribution is 5.49. The molecule has 0 fully saturated rings. The van der Waals surface area contributed by atoms with E-state index >= 15 is 0 Å². The van der Waals surface area contributed by atoms with Crippen molar-refractivity contribution in [3.8, 4) is 11.5 Å². The summed E-state index contributed by atoms with van der Waals surface area (Å²) in [5.74, 6) is 2.11. The van der Waals surface area contributed by atoms with Crippen molar-refractivity contribution in [3.63, 3.8) is 0 Å². The number of fused-ring (bicyclic) bond motifs is 2. The molecule has 2 aliphatic rings. The van der Waals surface area contributed by atoms with E-state index in [4.69, 9.17) is 14.2 Å². The van der Waals surface area contributed by atoms with Gasteiger partial charge in [0.2, 0.25) is 6.79 Å². The summed E-state index contributed by atoms with van der Waals surface area (Å²) in [6.07, 6.45) is 3.01. The lowest BCUT2D eigenvalue weighted by Gasteiger charge is -2.23. The number of ether oxygens (including phenoxy) is 3. The van der Waals surface area contributed by atoms with E-state index in [1.54, 1.807) is 0 Å². The summed E-state index contributed by atoms with van der Waals surface area (Å²) < 4.78 is 15.6. The molecule has 0 saturated heterocycles. The Morgan fingerprint density at radius 1 is 1.29 bits per heavy atom. The fourth-order valence-corrected chi connectivity index (χ4v) is 2.54. The van der Waals surface area contributed by atoms with Gasteiger partial charge >= 0.3 is 0 Å². The molecule has 0 radical (unpaired) electrons. The molecule has 4 nitrogen and oxygen atoms in total. The first-order chi connectivity index (χ1) is 8.36. The van der Waals surface area contributed by atoms with Gasteiger partial charge in [-0.3, -0.25) is 4.79 Å². The van der Waals surface area contributed by atoms with E-state index in [2.05, 4.69) is 12.1 Å². The summed E-state index contributed by atoms with van der Waals surface area (Å²) in [7, 11) is 0. The summed E-state index contributed by atoms with van der Waals surface area (Å²) in [5.41, 5.74) is 2.62. The van der Waals surface area contributed by atoms with Gasteiger partial charge in [0.25, 0.3) is 6.47 Å². The number of hydrogen-bond donors (Lipinski definition) is 0. The van der Waals surface area contributed by atoms with Gasteiger partial charge in [-0.1, -0.05) is 0 Å². The molecule has 0 saturated carbocycles. The average molecular weight is 234 g/mol. The van der Waals surface area contributed by atoms with Crippen LogP contribution in [-0.4, -0.2) is 19.9 Å². The van der Waals surface area contributed by atoms with E-state index in [1.807, 2.05) is 0 Å². The van der Waals surface area contributed by atoms with E-state index in [1.165, 1.54) is 11.1 Å². The highest BCUT2D eigenvalue weighted by Crippen LogP contribution is 2.38. The second-order valence-corrected chi connectivity index (χ2v) is 4.51. The van der Waals surface area contributed by atoms with Crippen LogP contribution in [0.5, 0.6) is 11.5 Å². The van der Waals surface area contributed by atoms with Crippen molar-refractivity contribution in [2.24, 2.45) is 5.92 Å². The fraction of sp³-hybridized carbons (Fsp3) is 0.462. The lowest BCUT2D eigenvalue weighted by molar-refractivity contribution is -0.130. The molecule has 0 unspecified atom stereocenters. The maximum Gasteiger partial charge on any atom is 0.293 e. The highest BCUT2D eigenvalue weighted by Gasteiger charge is 2.23. The third-order valence-electron chi connectivity index (χ3n) is 3.43. The van der Waals surface area contributed by atoms with Gasteiger partial charge in [-0.2, -0.15) is 0 Å². The molecule has 1 heterocycles. The predicted molar refractivity (Wildman–Crippen MR) is 60.1 cm³/mol. The van der Waals surface area contributed by atoms with Gasteiger partial charge < -0.3 is 14.2 Å². The number of carbonyl (C=O) groups excluding carboxylic acids is 1. The van der Waals surface area contributed by atoms with Crippen LogP contribution in [0.2, 0.25) is 0 Å². The summed E-state index contributed by atoms with van der Waals surface area (Å²) in [6.45, 7) is 1.35. The molecular formula is C13H14O4. The number of rotatable bonds is 3. The first-order valence-electron chi connectivity index (χ1n) is 5.83. The SMILES string of the molecule is O=COC[C@H]1CCc2cc3c(cc2C1)OCO3. The third kappa shape index (κ3) is 1.95. The van der Waals surface area contributed by atoms with Crippen molar-refractivity contribution in [1.29, 1.82) is 0 Å². The maximum absolute atomic E-state index is 10.2. The molecule has 1 aromatic carbocycles. The van der Waals surface area contributed by atoms with E-state index in [0.29, 0.717) is 25.8 Å². The smallest absolute Gasteiger partial charge is 0.293 e. The summed E-state index contributed by atoms with van der Waals surface area (Å²) in [6, 6.07) is 4.14. The summed E-state index contributed by atoms with van der Waals surface area (Å²) in [5, 5.41) is 0. The van der Waals surface area contributed by atoms with Gasteiger partial charge in [0.15, 0.2) is 11.5 Å². The Labute approximate surface area is 99.5 Å². The van der Waals surface area contributed by atoms with E-state index in [-0.39, 0.29) is 0 Å². The van der Waals surface area contributed by atoms with Crippen molar-refractivity contribution in [2.45, 2.75) is 19.3 Å². The van der Waals surface area contributed by atoms with Crippen LogP contribution in [0.4, 0.5) is 0 Å². The molecule has 0 aromatic heterocycles. The zero-order valence-corrected chi connectivity index (χ0v) is 9.48. The number of carbonyl (C=O) groups is 1. The molecule has 3 rings (SSSR count). The first-order valence-corrected chi connectivity index (χ1v) is 5.83. The van der Waals surface area contributed by atoms with E-state index in [0.717, 1.165) is 30.8 Å². The Morgan fingerprint density at radius 3 is 2.82 bits per heavy atom. The second-order valence-electron chi connectivity index (χ2n) is 4.51. The Kier molecular flexibility index (Phi) is 2.63. The molecule has 1 aliphatic heterocycles. The van der Waals surface area contributed by atoms with E-state index < -0.39 is 0 Å². The van der Waals surface area contributed by atoms with Crippen LogP contribution in [-0.2, 0) is 22.4 Å². The molecule has 4 heteroatoms. The van der Waals surface area contributed by atoms with Crippen LogP contribution < -0.4 is 9.47 Å². The molecule has 1 aliphatic carbocycles. The van der Waals surface area contributed by atoms with Gasteiger partial charge in [-0.15, -0.1) is 0 Å². The van der Waals surface area contributed by atoms with Crippen molar-refractivity contribution >= 4 is 6.47 Å². The normalized spacial score (nSPS) is 20.8. The predicted octanol–water partition coefficient (Wildman–Crippen LogP) is 1.69. The standard InChI is InChI=1S/C13H14O4/c14-7-15-6-9-1-2-10-4-12-13(17-8-16-12)5-11(10)3-9/h4-5,7,9H,1-3,6,8H2/t9-/m0/s1. The zero-order chi connectivity index (χ0) is 11.7. The van der Waals surface area contributed by atoms with Gasteiger partial charge in [-0.05, 0) is 48.4 Å². The molecule has 90 valence electrons. The maximum atomic E-state index is 10.2. The van der Waals surface area contributed by atoms with Crippen molar-refractivity contribution < 1.29 is 19.0 Å². The lowest BCUT2D eigenvalue weighted by Crippen LogP contribution is -2.18. The molecule has 17 heavy (non-hydrogen) atoms. The zero-order valence-electron chi connectivity index (χ0n) is 9.48. The van der Waals surface area contributed by atoms with Crippen molar-refractivity contribution in [2.75, 3.05) is 13.4 Å². The van der Waals surface area contributed by atoms with Gasteiger partial charge in [0.05, 0.1) is 6.61 Å². The Hall–Kier alpha value is -1.71. The number of hydrogen-bond acceptors (Lipinski definition) is 4. The van der Waals surface area contributed by atoms with Crippen molar-refractivity contribution in [1.82, 2.24) is 0 Å². The van der Waals surface area contributed by atoms with Crippen LogP contribution in [0, 0.1) is 5.92 Å². The first kappa shape index (κ1) is 10.4. The Bertz CT molecular complexity index is 441. The minimum atomic E-state index is 0.315. The van der Waals surface area contributed by atoms with Crippen molar-refractivity contribution in [3.05, 3.63) is 23.3 Å². The van der Waals surface area contributed by atoms with Gasteiger partial charge in [0, 0.05) is 0 Å². The fourth-order valence-electron chi connectivity index (χ4n) is 2.54. The molecule has 1 atom stereocenters. The summed E-state index contributed by atoms with van der Waals surface area (Å²) >= 11 is 0. The van der Waals surface area contributed by atoms with Crippen LogP contribution in [0.15, 0.2) is 12.1 Å². The van der Waals surface area contributed by atoms with E-state index in [9.17, 15) is 4.79 Å². The van der Waals surface area contributed by atoms with Crippen LogP contribution >= 0.6 is 0 Å². The number of aryl methyl sites for hydroxylation is 1. The molecule has 0 bridgehead atoms. The van der Waals surface area contributed by atoms with Crippen LogP contribution in [0.3, 0.4) is 0 Å². The molecule has 0 spiro atoms. The Morgan fingerprint density at radius 2 is 2.06 bits per heavy atom. The average Bonchev–Trinajstić information content (AvgIpc) is 2.80. The summed E-state index contributed by atoms with van der Waals surface area (Å²) in [4.78, 5) is 10.2. The monoisotopic (exact) mass is 234 g/mol. The topological polar surface area (TPSA) is 44.8 Å². The Balaban J connectivity index is 1.80. The van der Waals surface area contributed by atoms with Crippen LogP contribution in [0.1, 0.15) is 17.5 Å². The highest BCUT2D eigenvalue weighted by atomic mass is 16.7. The molecular weight excluding hydrogens is 220 g/mol. The lowest BCUT2D eigenvalue weighted by atomic mass is 9.84. The second kappa shape index (κ2) is 4.28. The molecule has 0 N–H and O–H groups in total. The van der Waals surface area contributed by atoms with Gasteiger partial charge in [-0.25, -0.2) is 0 Å². The minimum absolute atomic E-state index is 0.315. The minimum Gasteiger partial charge on any atom is -0.468 e. The van der Waals surface area contributed by atoms with Crippen LogP contribution in [0.25, 0.3) is 0 Å². The third-order valence-corrected chi connectivity index (χ3v) is 3.43. The largest absolute Gasteiger partial charge is 0.468 e. The quantitative estimate of drug-likeness (QED) is 0.747. The molecule has 1 aromatic rings. The molecule has 0 amide bonds. The van der Waals surface area contributed by atoms with Gasteiger partial charge in [0.1, 0.15) is 0 Å². The number of benzene rings is 1.